The Hall–Kier alpha value is -4.14. The predicted molar refractivity (Wildman–Crippen MR) is 140 cm³/mol. The van der Waals surface area contributed by atoms with Gasteiger partial charge in [-0.1, -0.05) is 30.3 Å². The number of likely N-dealkylation sites (tertiary alicyclic amines) is 1. The van der Waals surface area contributed by atoms with Crippen LogP contribution >= 0.6 is 0 Å². The molecule has 4 rings (SSSR count). The number of nitrogens with one attached hydrogen (secondary N) is 1. The van der Waals surface area contributed by atoms with Crippen LogP contribution in [-0.4, -0.2) is 52.9 Å². The van der Waals surface area contributed by atoms with Gasteiger partial charge in [0.25, 0.3) is 11.5 Å². The number of esters is 1. The van der Waals surface area contributed by atoms with Crippen LogP contribution in [0.15, 0.2) is 65.6 Å². The van der Waals surface area contributed by atoms with Crippen LogP contribution < -0.4 is 15.6 Å². The third-order valence-corrected chi connectivity index (χ3v) is 6.21. The molecule has 0 radical (unpaired) electrons. The number of aromatic nitrogens is 2. The average Bonchev–Trinajstić information content (AvgIpc) is 2.93. The lowest BCUT2D eigenvalue weighted by atomic mass is 9.97. The molecule has 0 spiro atoms. The fourth-order valence-corrected chi connectivity index (χ4v) is 4.36. The quantitative estimate of drug-likeness (QED) is 0.442. The lowest BCUT2D eigenvalue weighted by Gasteiger charge is -2.31. The molecule has 37 heavy (non-hydrogen) atoms. The minimum absolute atomic E-state index is 0.135. The van der Waals surface area contributed by atoms with Crippen LogP contribution in [0.2, 0.25) is 0 Å². The molecule has 9 nitrogen and oxygen atoms in total. The van der Waals surface area contributed by atoms with Gasteiger partial charge in [0.2, 0.25) is 0 Å². The number of amides is 1. The van der Waals surface area contributed by atoms with Gasteiger partial charge in [0.1, 0.15) is 0 Å². The first-order valence-corrected chi connectivity index (χ1v) is 12.6. The van der Waals surface area contributed by atoms with Crippen molar-refractivity contribution >= 4 is 23.3 Å². The summed E-state index contributed by atoms with van der Waals surface area (Å²) >= 11 is 0. The number of anilines is 2. The molecule has 2 aromatic carbocycles. The van der Waals surface area contributed by atoms with Gasteiger partial charge in [0, 0.05) is 24.3 Å². The van der Waals surface area contributed by atoms with Crippen molar-refractivity contribution in [2.75, 3.05) is 31.6 Å². The molecule has 2 heterocycles. The van der Waals surface area contributed by atoms with Crippen molar-refractivity contribution in [3.05, 3.63) is 82.3 Å². The maximum absolute atomic E-state index is 13.2. The van der Waals surface area contributed by atoms with Gasteiger partial charge >= 0.3 is 5.97 Å². The average molecular weight is 505 g/mol. The second-order valence-corrected chi connectivity index (χ2v) is 8.81. The van der Waals surface area contributed by atoms with Crippen molar-refractivity contribution < 1.29 is 19.1 Å². The number of benzene rings is 2. The second kappa shape index (κ2) is 12.2. The van der Waals surface area contributed by atoms with Crippen LogP contribution in [0.1, 0.15) is 42.6 Å². The normalized spacial score (nSPS) is 15.2. The number of rotatable bonds is 9. The molecule has 1 aliphatic heterocycles. The molecular weight excluding hydrogens is 472 g/mol. The molecule has 1 atom stereocenters. The largest absolute Gasteiger partial charge is 0.490 e. The van der Waals surface area contributed by atoms with Crippen LogP contribution in [-0.2, 0) is 16.1 Å². The lowest BCUT2D eigenvalue weighted by Crippen LogP contribution is -2.42. The molecule has 3 aromatic rings. The van der Waals surface area contributed by atoms with E-state index in [1.807, 2.05) is 37.3 Å². The van der Waals surface area contributed by atoms with Gasteiger partial charge in [0.05, 0.1) is 31.9 Å². The summed E-state index contributed by atoms with van der Waals surface area (Å²) in [5, 5.41) is 7.42. The highest BCUT2D eigenvalue weighted by Gasteiger charge is 2.29. The van der Waals surface area contributed by atoms with Gasteiger partial charge in [-0.2, -0.15) is 5.10 Å². The monoisotopic (exact) mass is 504 g/mol. The van der Waals surface area contributed by atoms with Gasteiger partial charge in [-0.3, -0.25) is 14.4 Å². The van der Waals surface area contributed by atoms with Gasteiger partial charge in [-0.05, 0) is 56.5 Å². The van der Waals surface area contributed by atoms with Crippen LogP contribution in [0.4, 0.5) is 11.4 Å². The van der Waals surface area contributed by atoms with E-state index in [1.54, 1.807) is 36.1 Å². The van der Waals surface area contributed by atoms with Gasteiger partial charge in [-0.25, -0.2) is 4.68 Å². The summed E-state index contributed by atoms with van der Waals surface area (Å²) < 4.78 is 12.2. The van der Waals surface area contributed by atoms with E-state index in [9.17, 15) is 14.4 Å². The standard InChI is InChI=1S/C28H32N4O5/c1-3-36-24-17-29-32(18-20-9-6-5-7-10-20)27(34)25(24)30-23-14-12-21(13-15-23)26(33)31-16-8-11-22(19-31)28(35)37-4-2/h5-7,9-10,12-15,17,22,30H,3-4,8,11,16,18-19H2,1-2H3/t22-/m1/s1. The Balaban J connectivity index is 1.50. The van der Waals surface area contributed by atoms with Crippen LogP contribution in [0.5, 0.6) is 5.75 Å². The maximum atomic E-state index is 13.2. The molecule has 0 aliphatic carbocycles. The van der Waals surface area contributed by atoms with E-state index in [4.69, 9.17) is 9.47 Å². The molecular formula is C28H32N4O5. The molecule has 0 unspecified atom stereocenters. The van der Waals surface area contributed by atoms with E-state index in [0.29, 0.717) is 49.8 Å². The number of nitrogens with zero attached hydrogens (tertiary/aromatic N) is 3. The number of hydrogen-bond donors (Lipinski definition) is 1. The molecule has 0 saturated carbocycles. The molecule has 1 saturated heterocycles. The highest BCUT2D eigenvalue weighted by molar-refractivity contribution is 5.95. The fraction of sp³-hybridized carbons (Fsp3) is 0.357. The smallest absolute Gasteiger partial charge is 0.310 e. The predicted octanol–water partition coefficient (Wildman–Crippen LogP) is 3.85. The van der Waals surface area contributed by atoms with Gasteiger partial charge < -0.3 is 19.7 Å². The minimum atomic E-state index is -0.312. The van der Waals surface area contributed by atoms with E-state index in [2.05, 4.69) is 10.4 Å². The maximum Gasteiger partial charge on any atom is 0.310 e. The first-order valence-electron chi connectivity index (χ1n) is 12.6. The van der Waals surface area contributed by atoms with Crippen molar-refractivity contribution in [2.24, 2.45) is 5.92 Å². The Morgan fingerprint density at radius 3 is 2.51 bits per heavy atom. The van der Waals surface area contributed by atoms with Crippen molar-refractivity contribution in [3.8, 4) is 5.75 Å². The van der Waals surface area contributed by atoms with Crippen molar-refractivity contribution in [3.63, 3.8) is 0 Å². The zero-order valence-electron chi connectivity index (χ0n) is 21.2. The van der Waals surface area contributed by atoms with Crippen LogP contribution in [0.3, 0.4) is 0 Å². The molecule has 1 N–H and O–H groups in total. The molecule has 1 amide bonds. The Morgan fingerprint density at radius 2 is 1.81 bits per heavy atom. The van der Waals surface area contributed by atoms with Gasteiger partial charge in [-0.15, -0.1) is 0 Å². The van der Waals surface area contributed by atoms with E-state index in [-0.39, 0.29) is 29.0 Å². The molecule has 1 aromatic heterocycles. The van der Waals surface area contributed by atoms with E-state index < -0.39 is 0 Å². The summed E-state index contributed by atoms with van der Waals surface area (Å²) in [5.74, 6) is -0.319. The Bertz CT molecular complexity index is 1270. The third-order valence-electron chi connectivity index (χ3n) is 6.21. The van der Waals surface area contributed by atoms with E-state index in [1.165, 1.54) is 10.9 Å². The molecule has 194 valence electrons. The third kappa shape index (κ3) is 6.35. The highest BCUT2D eigenvalue weighted by atomic mass is 16.5. The van der Waals surface area contributed by atoms with Crippen molar-refractivity contribution in [2.45, 2.75) is 33.2 Å². The summed E-state index contributed by atoms with van der Waals surface area (Å²) in [5.41, 5.74) is 2.07. The molecule has 1 fully saturated rings. The number of carbonyl (C=O) groups excluding carboxylic acids is 2. The summed E-state index contributed by atoms with van der Waals surface area (Å²) in [4.78, 5) is 40.2. The minimum Gasteiger partial charge on any atom is -0.490 e. The second-order valence-electron chi connectivity index (χ2n) is 8.81. The SMILES string of the molecule is CCOC(=O)[C@@H]1CCCN(C(=O)c2ccc(Nc3c(OCC)cnn(Cc4ccccc4)c3=O)cc2)C1. The highest BCUT2D eigenvalue weighted by Crippen LogP contribution is 2.25. The van der Waals surface area contributed by atoms with E-state index in [0.717, 1.165) is 18.4 Å². The zero-order chi connectivity index (χ0) is 26.2. The molecule has 1 aliphatic rings. The Labute approximate surface area is 216 Å². The van der Waals surface area contributed by atoms with Crippen LogP contribution in [0.25, 0.3) is 0 Å². The van der Waals surface area contributed by atoms with Crippen molar-refractivity contribution in [1.82, 2.24) is 14.7 Å². The topological polar surface area (TPSA) is 103 Å². The number of hydrogen-bond acceptors (Lipinski definition) is 7. The number of ether oxygens (including phenoxy) is 2. The fourth-order valence-electron chi connectivity index (χ4n) is 4.36. The number of carbonyl (C=O) groups is 2. The first kappa shape index (κ1) is 25.9. The van der Waals surface area contributed by atoms with E-state index >= 15 is 0 Å². The summed E-state index contributed by atoms with van der Waals surface area (Å²) in [6.45, 7) is 5.62. The zero-order valence-corrected chi connectivity index (χ0v) is 21.2. The lowest BCUT2D eigenvalue weighted by molar-refractivity contribution is -0.149. The van der Waals surface area contributed by atoms with Gasteiger partial charge in [0.15, 0.2) is 11.4 Å². The molecule has 9 heteroatoms. The summed E-state index contributed by atoms with van der Waals surface area (Å²) in [6.07, 6.45) is 3.01. The summed E-state index contributed by atoms with van der Waals surface area (Å²) in [6, 6.07) is 16.5. The molecule has 0 bridgehead atoms. The van der Waals surface area contributed by atoms with Crippen molar-refractivity contribution in [1.29, 1.82) is 0 Å². The number of piperidine rings is 1. The first-order chi connectivity index (χ1) is 18.0. The Morgan fingerprint density at radius 1 is 1.05 bits per heavy atom. The van der Waals surface area contributed by atoms with Crippen LogP contribution in [0, 0.1) is 5.92 Å². The summed E-state index contributed by atoms with van der Waals surface area (Å²) in [7, 11) is 0. The Kier molecular flexibility index (Phi) is 8.56.